The molecular formula is C25H31NO8. The zero-order chi connectivity index (χ0) is 24.8. The van der Waals surface area contributed by atoms with E-state index in [0.717, 1.165) is 12.0 Å². The average molecular weight is 474 g/mol. The number of ether oxygens (including phenoxy) is 2. The molecule has 0 bridgehead atoms. The van der Waals surface area contributed by atoms with Crippen LogP contribution < -0.4 is 5.32 Å². The maximum atomic E-state index is 11.7. The number of carbonyl (C=O) groups is 3. The maximum absolute atomic E-state index is 11.7. The van der Waals surface area contributed by atoms with E-state index in [-0.39, 0.29) is 25.4 Å². The SMILES string of the molecule is O=C(CCCCCNCC(O)c1ccc(O)c(CO)c1)OC(=O)C(=O)OCCc1ccccc1. The smallest absolute Gasteiger partial charge is 0.425 e. The van der Waals surface area contributed by atoms with Crippen LogP contribution in [0.2, 0.25) is 0 Å². The van der Waals surface area contributed by atoms with Crippen molar-refractivity contribution in [1.82, 2.24) is 5.32 Å². The van der Waals surface area contributed by atoms with Crippen molar-refractivity contribution in [3.63, 3.8) is 0 Å². The van der Waals surface area contributed by atoms with Crippen LogP contribution in [0.4, 0.5) is 0 Å². The van der Waals surface area contributed by atoms with Gasteiger partial charge in [-0.15, -0.1) is 0 Å². The van der Waals surface area contributed by atoms with Gasteiger partial charge < -0.3 is 30.1 Å². The maximum Gasteiger partial charge on any atom is 0.425 e. The third kappa shape index (κ3) is 9.70. The van der Waals surface area contributed by atoms with Gasteiger partial charge in [-0.05, 0) is 42.6 Å². The predicted molar refractivity (Wildman–Crippen MR) is 123 cm³/mol. The molecule has 0 saturated heterocycles. The van der Waals surface area contributed by atoms with E-state index in [1.54, 1.807) is 12.1 Å². The lowest BCUT2D eigenvalue weighted by Crippen LogP contribution is -2.24. The number of aliphatic hydroxyl groups excluding tert-OH is 2. The number of aliphatic hydroxyl groups is 2. The monoisotopic (exact) mass is 473 g/mol. The van der Waals surface area contributed by atoms with Crippen LogP contribution in [0.25, 0.3) is 0 Å². The molecule has 0 aliphatic rings. The number of benzene rings is 2. The van der Waals surface area contributed by atoms with Gasteiger partial charge >= 0.3 is 17.9 Å². The van der Waals surface area contributed by atoms with Gasteiger partial charge in [-0.2, -0.15) is 0 Å². The normalized spacial score (nSPS) is 11.6. The Morgan fingerprint density at radius 3 is 2.47 bits per heavy atom. The summed E-state index contributed by atoms with van der Waals surface area (Å²) in [6, 6.07) is 13.9. The second-order valence-electron chi connectivity index (χ2n) is 7.71. The third-order valence-electron chi connectivity index (χ3n) is 5.07. The lowest BCUT2D eigenvalue weighted by molar-refractivity contribution is -0.173. The summed E-state index contributed by atoms with van der Waals surface area (Å²) >= 11 is 0. The van der Waals surface area contributed by atoms with Gasteiger partial charge in [0, 0.05) is 24.9 Å². The van der Waals surface area contributed by atoms with Crippen molar-refractivity contribution < 1.29 is 39.2 Å². The number of carbonyl (C=O) groups excluding carboxylic acids is 3. The van der Waals surface area contributed by atoms with Crippen LogP contribution in [0.5, 0.6) is 5.75 Å². The van der Waals surface area contributed by atoms with E-state index in [2.05, 4.69) is 10.1 Å². The minimum absolute atomic E-state index is 0.00308. The zero-order valence-corrected chi connectivity index (χ0v) is 18.9. The van der Waals surface area contributed by atoms with Gasteiger partial charge in [-0.25, -0.2) is 9.59 Å². The number of hydrogen-bond acceptors (Lipinski definition) is 9. The molecule has 0 aliphatic heterocycles. The Bertz CT molecular complexity index is 932. The summed E-state index contributed by atoms with van der Waals surface area (Å²) < 4.78 is 9.34. The number of aromatic hydroxyl groups is 1. The van der Waals surface area contributed by atoms with E-state index in [4.69, 9.17) is 4.74 Å². The van der Waals surface area contributed by atoms with E-state index in [9.17, 15) is 29.7 Å². The Morgan fingerprint density at radius 1 is 0.971 bits per heavy atom. The molecule has 2 aromatic carbocycles. The minimum Gasteiger partial charge on any atom is -0.508 e. The van der Waals surface area contributed by atoms with Crippen LogP contribution in [-0.4, -0.2) is 52.9 Å². The molecule has 1 unspecified atom stereocenters. The van der Waals surface area contributed by atoms with Gasteiger partial charge in [0.1, 0.15) is 5.75 Å². The average Bonchev–Trinajstić information content (AvgIpc) is 2.84. The van der Waals surface area contributed by atoms with Gasteiger partial charge in [0.2, 0.25) is 0 Å². The number of unbranched alkanes of at least 4 members (excludes halogenated alkanes) is 2. The molecule has 0 fully saturated rings. The van der Waals surface area contributed by atoms with Crippen molar-refractivity contribution >= 4 is 17.9 Å². The van der Waals surface area contributed by atoms with Crippen LogP contribution >= 0.6 is 0 Å². The molecule has 0 aliphatic carbocycles. The fourth-order valence-electron chi connectivity index (χ4n) is 3.15. The van der Waals surface area contributed by atoms with Gasteiger partial charge in [-0.1, -0.05) is 42.8 Å². The molecule has 0 heterocycles. The van der Waals surface area contributed by atoms with Crippen LogP contribution in [-0.2, 0) is 36.9 Å². The molecule has 0 radical (unpaired) electrons. The van der Waals surface area contributed by atoms with Crippen molar-refractivity contribution in [2.24, 2.45) is 0 Å². The van der Waals surface area contributed by atoms with Crippen LogP contribution in [0.3, 0.4) is 0 Å². The number of esters is 3. The Morgan fingerprint density at radius 2 is 1.74 bits per heavy atom. The highest BCUT2D eigenvalue weighted by molar-refractivity contribution is 6.31. The first-order valence-electron chi connectivity index (χ1n) is 11.2. The van der Waals surface area contributed by atoms with Crippen LogP contribution in [0, 0.1) is 0 Å². The van der Waals surface area contributed by atoms with Crippen molar-refractivity contribution in [2.75, 3.05) is 19.7 Å². The molecule has 2 aromatic rings. The van der Waals surface area contributed by atoms with E-state index in [0.29, 0.717) is 43.5 Å². The molecule has 1 atom stereocenters. The summed E-state index contributed by atoms with van der Waals surface area (Å²) in [7, 11) is 0. The van der Waals surface area contributed by atoms with E-state index < -0.39 is 24.0 Å². The largest absolute Gasteiger partial charge is 0.508 e. The summed E-state index contributed by atoms with van der Waals surface area (Å²) in [4.78, 5) is 35.0. The highest BCUT2D eigenvalue weighted by Gasteiger charge is 2.21. The zero-order valence-electron chi connectivity index (χ0n) is 18.9. The van der Waals surface area contributed by atoms with Crippen molar-refractivity contribution in [3.8, 4) is 5.75 Å². The highest BCUT2D eigenvalue weighted by Crippen LogP contribution is 2.22. The molecule has 0 saturated carbocycles. The molecule has 34 heavy (non-hydrogen) atoms. The number of hydrogen-bond donors (Lipinski definition) is 4. The Hall–Kier alpha value is -3.27. The molecule has 4 N–H and O–H groups in total. The summed E-state index contributed by atoms with van der Waals surface area (Å²) in [5.74, 6) is -3.30. The van der Waals surface area contributed by atoms with Crippen molar-refractivity contribution in [3.05, 3.63) is 65.2 Å². The lowest BCUT2D eigenvalue weighted by atomic mass is 10.1. The summed E-state index contributed by atoms with van der Waals surface area (Å²) in [6.45, 7) is 0.592. The molecule has 0 amide bonds. The van der Waals surface area contributed by atoms with Crippen molar-refractivity contribution in [1.29, 1.82) is 0 Å². The number of phenols is 1. The van der Waals surface area contributed by atoms with Crippen LogP contribution in [0.15, 0.2) is 48.5 Å². The van der Waals surface area contributed by atoms with E-state index in [1.807, 2.05) is 30.3 Å². The predicted octanol–water partition coefficient (Wildman–Crippen LogP) is 1.92. The summed E-state index contributed by atoms with van der Waals surface area (Å²) in [5, 5.41) is 32.0. The lowest BCUT2D eigenvalue weighted by Gasteiger charge is -2.13. The second kappa shape index (κ2) is 14.8. The van der Waals surface area contributed by atoms with Gasteiger partial charge in [-0.3, -0.25) is 4.79 Å². The first-order chi connectivity index (χ1) is 16.4. The first-order valence-corrected chi connectivity index (χ1v) is 11.2. The van der Waals surface area contributed by atoms with E-state index in [1.165, 1.54) is 6.07 Å². The molecule has 184 valence electrons. The second-order valence-corrected chi connectivity index (χ2v) is 7.71. The standard InChI is InChI=1S/C25H31NO8/c27-17-20-15-19(10-11-21(20)28)22(29)16-26-13-6-2-5-9-23(30)34-25(32)24(31)33-14-12-18-7-3-1-4-8-18/h1,3-4,7-8,10-11,15,22,26-29H,2,5-6,9,12-14,16-17H2. The first kappa shape index (κ1) is 27.0. The summed E-state index contributed by atoms with van der Waals surface area (Å²) in [5.41, 5.74) is 1.89. The molecular weight excluding hydrogens is 442 g/mol. The molecule has 0 spiro atoms. The minimum atomic E-state index is -1.31. The Balaban J connectivity index is 1.52. The molecule has 2 rings (SSSR count). The fourth-order valence-corrected chi connectivity index (χ4v) is 3.15. The third-order valence-corrected chi connectivity index (χ3v) is 5.07. The van der Waals surface area contributed by atoms with Gasteiger partial charge in [0.15, 0.2) is 0 Å². The van der Waals surface area contributed by atoms with Gasteiger partial charge in [0.25, 0.3) is 0 Å². The molecule has 9 heteroatoms. The number of nitrogens with one attached hydrogen (secondary N) is 1. The van der Waals surface area contributed by atoms with Gasteiger partial charge in [0.05, 0.1) is 19.3 Å². The molecule has 0 aromatic heterocycles. The van der Waals surface area contributed by atoms with Crippen LogP contribution in [0.1, 0.15) is 48.5 Å². The number of rotatable bonds is 13. The Kier molecular flexibility index (Phi) is 11.7. The molecule has 9 nitrogen and oxygen atoms in total. The summed E-state index contributed by atoms with van der Waals surface area (Å²) in [6.07, 6.45) is 1.56. The van der Waals surface area contributed by atoms with E-state index >= 15 is 0 Å². The van der Waals surface area contributed by atoms with Crippen molar-refractivity contribution in [2.45, 2.75) is 44.8 Å². The quantitative estimate of drug-likeness (QED) is 0.148. The fraction of sp³-hybridized carbons (Fsp3) is 0.400. The topological polar surface area (TPSA) is 142 Å². The highest BCUT2D eigenvalue weighted by atomic mass is 16.6. The Labute approximate surface area is 198 Å².